The second kappa shape index (κ2) is 5.01. The average Bonchev–Trinajstić information content (AvgIpc) is 2.67. The van der Waals surface area contributed by atoms with Crippen molar-refractivity contribution in [1.29, 1.82) is 0 Å². The highest BCUT2D eigenvalue weighted by atomic mass is 35.5. The van der Waals surface area contributed by atoms with Gasteiger partial charge in [0.15, 0.2) is 0 Å². The third-order valence-corrected chi connectivity index (χ3v) is 3.02. The van der Waals surface area contributed by atoms with Crippen LogP contribution in [0.15, 0.2) is 24.3 Å². The Balaban J connectivity index is 2.66. The molecule has 0 aliphatic carbocycles. The van der Waals surface area contributed by atoms with Crippen LogP contribution in [-0.4, -0.2) is 20.9 Å². The number of halogens is 2. The molecule has 0 atom stereocenters. The molecule has 0 saturated carbocycles. The Kier molecular flexibility index (Phi) is 3.57. The van der Waals surface area contributed by atoms with Gasteiger partial charge in [-0.2, -0.15) is 5.10 Å². The summed E-state index contributed by atoms with van der Waals surface area (Å²) in [5, 5.41) is 13.4. The number of carboxylic acid groups (broad SMARTS) is 1. The number of benzene rings is 1. The third-order valence-electron chi connectivity index (χ3n) is 2.67. The van der Waals surface area contributed by atoms with Gasteiger partial charge in [0.1, 0.15) is 16.5 Å². The van der Waals surface area contributed by atoms with E-state index in [1.165, 1.54) is 22.9 Å². The van der Waals surface area contributed by atoms with Gasteiger partial charge in [0.2, 0.25) is 0 Å². The number of rotatable bonds is 3. The molecule has 0 aliphatic rings. The molecular formula is C13H12ClFN2O2. The average molecular weight is 283 g/mol. The SMILES string of the molecule is CC(C)c1nn(-c2cccc(F)c2)c(Cl)c1C(=O)O. The molecule has 1 N–H and O–H groups in total. The van der Waals surface area contributed by atoms with Gasteiger partial charge in [-0.05, 0) is 24.1 Å². The van der Waals surface area contributed by atoms with Crippen LogP contribution < -0.4 is 0 Å². The molecule has 2 aromatic rings. The summed E-state index contributed by atoms with van der Waals surface area (Å²) < 4.78 is 14.4. The maximum absolute atomic E-state index is 13.2. The summed E-state index contributed by atoms with van der Waals surface area (Å²) in [4.78, 5) is 11.2. The molecule has 0 amide bonds. The van der Waals surface area contributed by atoms with Crippen molar-refractivity contribution in [3.8, 4) is 5.69 Å². The highest BCUT2D eigenvalue weighted by molar-refractivity contribution is 6.33. The van der Waals surface area contributed by atoms with Gasteiger partial charge in [-0.15, -0.1) is 0 Å². The van der Waals surface area contributed by atoms with Crippen LogP contribution >= 0.6 is 11.6 Å². The van der Waals surface area contributed by atoms with Crippen molar-refractivity contribution in [1.82, 2.24) is 9.78 Å². The topological polar surface area (TPSA) is 55.1 Å². The molecule has 0 aliphatic heterocycles. The Morgan fingerprint density at radius 1 is 1.47 bits per heavy atom. The molecule has 0 radical (unpaired) electrons. The van der Waals surface area contributed by atoms with Gasteiger partial charge < -0.3 is 5.11 Å². The molecule has 0 unspecified atom stereocenters. The summed E-state index contributed by atoms with van der Waals surface area (Å²) in [6.45, 7) is 3.64. The fourth-order valence-electron chi connectivity index (χ4n) is 1.79. The first kappa shape index (κ1) is 13.5. The molecule has 1 aromatic carbocycles. The fraction of sp³-hybridized carbons (Fsp3) is 0.231. The van der Waals surface area contributed by atoms with Gasteiger partial charge in [-0.3, -0.25) is 0 Å². The van der Waals surface area contributed by atoms with Gasteiger partial charge in [-0.1, -0.05) is 31.5 Å². The second-order valence-electron chi connectivity index (χ2n) is 4.40. The highest BCUT2D eigenvalue weighted by Crippen LogP contribution is 2.28. The number of hydrogen-bond donors (Lipinski definition) is 1. The first-order chi connectivity index (χ1) is 8.91. The van der Waals surface area contributed by atoms with E-state index in [9.17, 15) is 14.3 Å². The van der Waals surface area contributed by atoms with Gasteiger partial charge >= 0.3 is 5.97 Å². The molecule has 2 rings (SSSR count). The Hall–Kier alpha value is -1.88. The van der Waals surface area contributed by atoms with Crippen LogP contribution in [0.25, 0.3) is 5.69 Å². The normalized spacial score (nSPS) is 11.0. The number of aromatic nitrogens is 2. The van der Waals surface area contributed by atoms with Gasteiger partial charge in [-0.25, -0.2) is 13.9 Å². The molecule has 0 spiro atoms. The van der Waals surface area contributed by atoms with Crippen molar-refractivity contribution in [2.45, 2.75) is 19.8 Å². The number of hydrogen-bond acceptors (Lipinski definition) is 2. The molecule has 0 saturated heterocycles. The van der Waals surface area contributed by atoms with E-state index in [4.69, 9.17) is 11.6 Å². The molecule has 0 fully saturated rings. The zero-order valence-electron chi connectivity index (χ0n) is 10.4. The van der Waals surface area contributed by atoms with Crippen LogP contribution in [0.1, 0.15) is 35.8 Å². The van der Waals surface area contributed by atoms with Crippen LogP contribution in [-0.2, 0) is 0 Å². The molecule has 6 heteroatoms. The predicted molar refractivity (Wildman–Crippen MR) is 69.6 cm³/mol. The zero-order valence-corrected chi connectivity index (χ0v) is 11.1. The number of carbonyl (C=O) groups is 1. The standard InChI is InChI=1S/C13H12ClFN2O2/c1-7(2)11-10(13(18)19)12(14)17(16-11)9-5-3-4-8(15)6-9/h3-7H,1-2H3,(H,18,19). The van der Waals surface area contributed by atoms with Crippen LogP contribution in [0.4, 0.5) is 4.39 Å². The number of aromatic carboxylic acids is 1. The smallest absolute Gasteiger partial charge is 0.340 e. The van der Waals surface area contributed by atoms with Gasteiger partial charge in [0, 0.05) is 0 Å². The van der Waals surface area contributed by atoms with Crippen LogP contribution in [0, 0.1) is 5.82 Å². The van der Waals surface area contributed by atoms with E-state index in [0.717, 1.165) is 0 Å². The van der Waals surface area contributed by atoms with Crippen molar-refractivity contribution < 1.29 is 14.3 Å². The molecule has 100 valence electrons. The summed E-state index contributed by atoms with van der Waals surface area (Å²) in [6.07, 6.45) is 0. The minimum Gasteiger partial charge on any atom is -0.478 e. The molecule has 1 aromatic heterocycles. The Morgan fingerprint density at radius 3 is 2.63 bits per heavy atom. The summed E-state index contributed by atoms with van der Waals surface area (Å²) in [5.41, 5.74) is 0.724. The largest absolute Gasteiger partial charge is 0.478 e. The van der Waals surface area contributed by atoms with Crippen molar-refractivity contribution in [2.24, 2.45) is 0 Å². The second-order valence-corrected chi connectivity index (χ2v) is 4.76. The van der Waals surface area contributed by atoms with Crippen molar-refractivity contribution in [2.75, 3.05) is 0 Å². The minimum absolute atomic E-state index is 0.0261. The van der Waals surface area contributed by atoms with Gasteiger partial charge in [0.25, 0.3) is 0 Å². The zero-order chi connectivity index (χ0) is 14.2. The summed E-state index contributed by atoms with van der Waals surface area (Å²) in [5.74, 6) is -1.68. The maximum atomic E-state index is 13.2. The van der Waals surface area contributed by atoms with E-state index in [2.05, 4.69) is 5.10 Å². The Labute approximate surface area is 114 Å². The van der Waals surface area contributed by atoms with Gasteiger partial charge in [0.05, 0.1) is 11.4 Å². The number of carboxylic acids is 1. The first-order valence-corrected chi connectivity index (χ1v) is 6.07. The minimum atomic E-state index is -1.14. The lowest BCUT2D eigenvalue weighted by molar-refractivity contribution is 0.0695. The van der Waals surface area contributed by atoms with Crippen molar-refractivity contribution >= 4 is 17.6 Å². The molecule has 19 heavy (non-hydrogen) atoms. The summed E-state index contributed by atoms with van der Waals surface area (Å²) in [7, 11) is 0. The van der Waals surface area contributed by atoms with E-state index in [1.807, 2.05) is 13.8 Å². The quantitative estimate of drug-likeness (QED) is 0.937. The van der Waals surface area contributed by atoms with E-state index < -0.39 is 11.8 Å². The van der Waals surface area contributed by atoms with Crippen LogP contribution in [0.5, 0.6) is 0 Å². The maximum Gasteiger partial charge on any atom is 0.340 e. The van der Waals surface area contributed by atoms with E-state index >= 15 is 0 Å². The lowest BCUT2D eigenvalue weighted by Gasteiger charge is -2.03. The van der Waals surface area contributed by atoms with E-state index in [1.54, 1.807) is 6.07 Å². The van der Waals surface area contributed by atoms with E-state index in [0.29, 0.717) is 11.4 Å². The van der Waals surface area contributed by atoms with Crippen molar-refractivity contribution in [3.63, 3.8) is 0 Å². The molecule has 4 nitrogen and oxygen atoms in total. The molecular weight excluding hydrogens is 271 g/mol. The third kappa shape index (κ3) is 2.46. The Bertz CT molecular complexity index is 638. The van der Waals surface area contributed by atoms with Crippen LogP contribution in [0.2, 0.25) is 5.15 Å². The highest BCUT2D eigenvalue weighted by Gasteiger charge is 2.24. The summed E-state index contributed by atoms with van der Waals surface area (Å²) in [6, 6.07) is 5.66. The predicted octanol–water partition coefficient (Wildman–Crippen LogP) is 3.49. The lowest BCUT2D eigenvalue weighted by atomic mass is 10.1. The van der Waals surface area contributed by atoms with Crippen molar-refractivity contribution in [3.05, 3.63) is 46.5 Å². The first-order valence-electron chi connectivity index (χ1n) is 5.69. The molecule has 0 bridgehead atoms. The van der Waals surface area contributed by atoms with E-state index in [-0.39, 0.29) is 16.6 Å². The Morgan fingerprint density at radius 2 is 2.16 bits per heavy atom. The lowest BCUT2D eigenvalue weighted by Crippen LogP contribution is -2.01. The number of nitrogens with zero attached hydrogens (tertiary/aromatic N) is 2. The monoisotopic (exact) mass is 282 g/mol. The van der Waals surface area contributed by atoms with Crippen LogP contribution in [0.3, 0.4) is 0 Å². The molecule has 1 heterocycles. The summed E-state index contributed by atoms with van der Waals surface area (Å²) >= 11 is 6.05. The fourth-order valence-corrected chi connectivity index (χ4v) is 2.11.